The van der Waals surface area contributed by atoms with Crippen LogP contribution in [-0.4, -0.2) is 23.1 Å². The molecule has 0 heterocycles. The number of anilines is 1. The number of amides is 1. The SMILES string of the molecule is Cc1ccc(C)c(NC(=O)c2cccc(B(O)O)c2)c1. The summed E-state index contributed by atoms with van der Waals surface area (Å²) in [5.74, 6) is -0.277. The van der Waals surface area contributed by atoms with E-state index in [2.05, 4.69) is 5.32 Å². The summed E-state index contributed by atoms with van der Waals surface area (Å²) in [6, 6.07) is 12.1. The highest BCUT2D eigenvalue weighted by Crippen LogP contribution is 2.17. The molecule has 0 bridgehead atoms. The molecule has 0 saturated heterocycles. The number of nitrogens with one attached hydrogen (secondary N) is 1. The highest BCUT2D eigenvalue weighted by Gasteiger charge is 2.14. The summed E-state index contributed by atoms with van der Waals surface area (Å²) in [6.45, 7) is 3.88. The fourth-order valence-corrected chi connectivity index (χ4v) is 1.91. The molecule has 0 fully saturated rings. The Morgan fingerprint density at radius 2 is 1.85 bits per heavy atom. The van der Waals surface area contributed by atoms with Crippen LogP contribution in [0.1, 0.15) is 21.5 Å². The van der Waals surface area contributed by atoms with Gasteiger partial charge in [0.05, 0.1) is 0 Å². The molecule has 0 aromatic heterocycles. The minimum absolute atomic E-state index is 0.277. The van der Waals surface area contributed by atoms with E-state index in [-0.39, 0.29) is 5.91 Å². The maximum atomic E-state index is 12.2. The van der Waals surface area contributed by atoms with Crippen molar-refractivity contribution in [2.75, 3.05) is 5.32 Å². The lowest BCUT2D eigenvalue weighted by Crippen LogP contribution is -2.30. The Morgan fingerprint density at radius 1 is 1.10 bits per heavy atom. The quantitative estimate of drug-likeness (QED) is 0.734. The molecule has 2 rings (SSSR count). The first-order chi connectivity index (χ1) is 9.47. The van der Waals surface area contributed by atoms with E-state index in [4.69, 9.17) is 10.0 Å². The van der Waals surface area contributed by atoms with Crippen LogP contribution in [0, 0.1) is 13.8 Å². The molecule has 102 valence electrons. The van der Waals surface area contributed by atoms with Crippen LogP contribution >= 0.6 is 0 Å². The predicted molar refractivity (Wildman–Crippen MR) is 80.1 cm³/mol. The number of hydrogen-bond donors (Lipinski definition) is 3. The highest BCUT2D eigenvalue weighted by atomic mass is 16.4. The summed E-state index contributed by atoms with van der Waals surface area (Å²) < 4.78 is 0. The molecule has 1 amide bonds. The van der Waals surface area contributed by atoms with Gasteiger partial charge in [0, 0.05) is 11.3 Å². The van der Waals surface area contributed by atoms with Crippen LogP contribution in [0.2, 0.25) is 0 Å². The van der Waals surface area contributed by atoms with Crippen molar-refractivity contribution in [1.29, 1.82) is 0 Å². The highest BCUT2D eigenvalue weighted by molar-refractivity contribution is 6.58. The van der Waals surface area contributed by atoms with Gasteiger partial charge in [0.2, 0.25) is 0 Å². The molecule has 2 aromatic carbocycles. The molecule has 0 saturated carbocycles. The second kappa shape index (κ2) is 5.90. The minimum Gasteiger partial charge on any atom is -0.423 e. The normalized spacial score (nSPS) is 10.2. The van der Waals surface area contributed by atoms with Crippen molar-refractivity contribution >= 4 is 24.2 Å². The zero-order valence-electron chi connectivity index (χ0n) is 11.4. The molecule has 0 radical (unpaired) electrons. The second-order valence-corrected chi connectivity index (χ2v) is 4.77. The zero-order valence-corrected chi connectivity index (χ0v) is 11.4. The largest absolute Gasteiger partial charge is 0.488 e. The van der Waals surface area contributed by atoms with Crippen molar-refractivity contribution in [2.45, 2.75) is 13.8 Å². The topological polar surface area (TPSA) is 69.6 Å². The summed E-state index contributed by atoms with van der Waals surface area (Å²) in [7, 11) is -1.58. The van der Waals surface area contributed by atoms with E-state index in [9.17, 15) is 4.79 Å². The molecule has 0 aliphatic heterocycles. The van der Waals surface area contributed by atoms with Gasteiger partial charge in [-0.2, -0.15) is 0 Å². The van der Waals surface area contributed by atoms with Gasteiger partial charge in [-0.15, -0.1) is 0 Å². The predicted octanol–water partition coefficient (Wildman–Crippen LogP) is 1.24. The smallest absolute Gasteiger partial charge is 0.423 e. The maximum absolute atomic E-state index is 12.2. The van der Waals surface area contributed by atoms with Crippen LogP contribution in [0.3, 0.4) is 0 Å². The van der Waals surface area contributed by atoms with Crippen LogP contribution in [0.4, 0.5) is 5.69 Å². The molecule has 2 aromatic rings. The third-order valence-corrected chi connectivity index (χ3v) is 3.09. The first-order valence-corrected chi connectivity index (χ1v) is 6.32. The fourth-order valence-electron chi connectivity index (χ4n) is 1.91. The van der Waals surface area contributed by atoms with E-state index in [0.29, 0.717) is 11.0 Å². The Kier molecular flexibility index (Phi) is 4.22. The van der Waals surface area contributed by atoms with Gasteiger partial charge in [-0.1, -0.05) is 24.3 Å². The third kappa shape index (κ3) is 3.26. The van der Waals surface area contributed by atoms with Gasteiger partial charge in [0.25, 0.3) is 5.91 Å². The average molecular weight is 269 g/mol. The van der Waals surface area contributed by atoms with Crippen LogP contribution < -0.4 is 10.8 Å². The lowest BCUT2D eigenvalue weighted by molar-refractivity contribution is 0.102. The van der Waals surface area contributed by atoms with E-state index in [1.165, 1.54) is 6.07 Å². The zero-order chi connectivity index (χ0) is 14.7. The standard InChI is InChI=1S/C15H16BNO3/c1-10-6-7-11(2)14(8-10)17-15(18)12-4-3-5-13(9-12)16(19)20/h3-9,19-20H,1-2H3,(H,17,18). The summed E-state index contributed by atoms with van der Waals surface area (Å²) in [5, 5.41) is 21.1. The van der Waals surface area contributed by atoms with Gasteiger partial charge in [0.1, 0.15) is 0 Å². The van der Waals surface area contributed by atoms with Gasteiger partial charge < -0.3 is 15.4 Å². The van der Waals surface area contributed by atoms with E-state index in [1.54, 1.807) is 18.2 Å². The lowest BCUT2D eigenvalue weighted by atomic mass is 9.79. The van der Waals surface area contributed by atoms with Crippen molar-refractivity contribution in [1.82, 2.24) is 0 Å². The Morgan fingerprint density at radius 3 is 2.55 bits per heavy atom. The Hall–Kier alpha value is -2.11. The summed E-state index contributed by atoms with van der Waals surface area (Å²) in [4.78, 5) is 12.2. The van der Waals surface area contributed by atoms with E-state index in [0.717, 1.165) is 16.8 Å². The Labute approximate surface area is 118 Å². The molecule has 0 aliphatic rings. The number of aryl methyl sites for hydroxylation is 2. The van der Waals surface area contributed by atoms with Gasteiger partial charge in [-0.05, 0) is 48.6 Å². The van der Waals surface area contributed by atoms with Crippen molar-refractivity contribution in [3.63, 3.8) is 0 Å². The van der Waals surface area contributed by atoms with Gasteiger partial charge in [-0.3, -0.25) is 4.79 Å². The summed E-state index contributed by atoms with van der Waals surface area (Å²) in [5.41, 5.74) is 3.47. The van der Waals surface area contributed by atoms with E-state index < -0.39 is 7.12 Å². The summed E-state index contributed by atoms with van der Waals surface area (Å²) >= 11 is 0. The van der Waals surface area contributed by atoms with Crippen molar-refractivity contribution in [3.8, 4) is 0 Å². The average Bonchev–Trinajstić information content (AvgIpc) is 2.43. The monoisotopic (exact) mass is 269 g/mol. The molecular formula is C15H16BNO3. The van der Waals surface area contributed by atoms with Crippen LogP contribution in [0.5, 0.6) is 0 Å². The number of hydrogen-bond acceptors (Lipinski definition) is 3. The number of benzene rings is 2. The Bertz CT molecular complexity index is 641. The number of rotatable bonds is 3. The molecule has 0 atom stereocenters. The molecular weight excluding hydrogens is 253 g/mol. The van der Waals surface area contributed by atoms with E-state index in [1.807, 2.05) is 32.0 Å². The molecule has 4 nitrogen and oxygen atoms in total. The first kappa shape index (κ1) is 14.3. The molecule has 0 spiro atoms. The molecule has 3 N–H and O–H groups in total. The van der Waals surface area contributed by atoms with Gasteiger partial charge >= 0.3 is 7.12 Å². The third-order valence-electron chi connectivity index (χ3n) is 3.09. The summed E-state index contributed by atoms with van der Waals surface area (Å²) in [6.07, 6.45) is 0. The van der Waals surface area contributed by atoms with Crippen molar-refractivity contribution in [3.05, 3.63) is 59.2 Å². The number of carbonyl (C=O) groups is 1. The molecule has 0 aliphatic carbocycles. The minimum atomic E-state index is -1.58. The fraction of sp³-hybridized carbons (Fsp3) is 0.133. The molecule has 20 heavy (non-hydrogen) atoms. The van der Waals surface area contributed by atoms with Crippen molar-refractivity contribution in [2.24, 2.45) is 0 Å². The number of carbonyl (C=O) groups excluding carboxylic acids is 1. The lowest BCUT2D eigenvalue weighted by Gasteiger charge is -2.10. The van der Waals surface area contributed by atoms with Gasteiger partial charge in [0.15, 0.2) is 0 Å². The van der Waals surface area contributed by atoms with Crippen molar-refractivity contribution < 1.29 is 14.8 Å². The molecule has 0 unspecified atom stereocenters. The van der Waals surface area contributed by atoms with Crippen LogP contribution in [-0.2, 0) is 0 Å². The first-order valence-electron chi connectivity index (χ1n) is 6.32. The van der Waals surface area contributed by atoms with Gasteiger partial charge in [-0.25, -0.2) is 0 Å². The maximum Gasteiger partial charge on any atom is 0.488 e. The van der Waals surface area contributed by atoms with E-state index >= 15 is 0 Å². The Balaban J connectivity index is 2.24. The van der Waals surface area contributed by atoms with Crippen LogP contribution in [0.15, 0.2) is 42.5 Å². The molecule has 5 heteroatoms. The second-order valence-electron chi connectivity index (χ2n) is 4.77. The van der Waals surface area contributed by atoms with Crippen LogP contribution in [0.25, 0.3) is 0 Å².